The van der Waals surface area contributed by atoms with Crippen LogP contribution in [0.25, 0.3) is 0 Å². The first-order valence-electron chi connectivity index (χ1n) is 7.95. The molecule has 10 nitrogen and oxygen atoms in total. The zero-order valence-electron chi connectivity index (χ0n) is 13.9. The van der Waals surface area contributed by atoms with Crippen molar-refractivity contribution in [1.29, 1.82) is 0 Å². The average Bonchev–Trinajstić information content (AvgIpc) is 2.99. The van der Waals surface area contributed by atoms with Crippen molar-refractivity contribution in [3.05, 3.63) is 28.8 Å². The van der Waals surface area contributed by atoms with E-state index in [1.165, 1.54) is 23.6 Å². The SMILES string of the molecule is CCC(CO)NC12C=NC=NC1N=NN2Nc1ccc(Cl)c(C(=O)O)c1. The van der Waals surface area contributed by atoms with Crippen LogP contribution in [-0.2, 0) is 0 Å². The number of anilines is 1. The van der Waals surface area contributed by atoms with E-state index in [9.17, 15) is 15.0 Å². The molecule has 3 unspecified atom stereocenters. The van der Waals surface area contributed by atoms with E-state index in [4.69, 9.17) is 11.6 Å². The summed E-state index contributed by atoms with van der Waals surface area (Å²) >= 11 is 5.91. The van der Waals surface area contributed by atoms with Crippen LogP contribution >= 0.6 is 11.6 Å². The van der Waals surface area contributed by atoms with Crippen LogP contribution in [0.3, 0.4) is 0 Å². The van der Waals surface area contributed by atoms with E-state index >= 15 is 0 Å². The van der Waals surface area contributed by atoms with Gasteiger partial charge in [-0.15, -0.1) is 5.11 Å². The molecular formula is C15H18ClN7O3. The fourth-order valence-corrected chi connectivity index (χ4v) is 2.86. The Morgan fingerprint density at radius 3 is 3.00 bits per heavy atom. The number of benzene rings is 1. The van der Waals surface area contributed by atoms with Crippen LogP contribution in [0.2, 0.25) is 5.02 Å². The molecule has 138 valence electrons. The maximum Gasteiger partial charge on any atom is 0.337 e. The molecule has 1 aromatic rings. The second-order valence-corrected chi connectivity index (χ2v) is 6.21. The number of aromatic carboxylic acids is 1. The highest BCUT2D eigenvalue weighted by atomic mass is 35.5. The van der Waals surface area contributed by atoms with Crippen molar-refractivity contribution in [3.63, 3.8) is 0 Å². The quantitative estimate of drug-likeness (QED) is 0.567. The Morgan fingerprint density at radius 2 is 2.31 bits per heavy atom. The van der Waals surface area contributed by atoms with Crippen molar-refractivity contribution in [2.75, 3.05) is 12.0 Å². The van der Waals surface area contributed by atoms with E-state index in [0.717, 1.165) is 0 Å². The predicted molar refractivity (Wildman–Crippen MR) is 96.5 cm³/mol. The first-order chi connectivity index (χ1) is 12.5. The molecule has 0 saturated heterocycles. The van der Waals surface area contributed by atoms with Crippen LogP contribution in [0.5, 0.6) is 0 Å². The van der Waals surface area contributed by atoms with Gasteiger partial charge in [0.1, 0.15) is 6.34 Å². The summed E-state index contributed by atoms with van der Waals surface area (Å²) in [5.74, 6) is -1.14. The summed E-state index contributed by atoms with van der Waals surface area (Å²) in [6.45, 7) is 1.85. The Morgan fingerprint density at radius 1 is 1.50 bits per heavy atom. The van der Waals surface area contributed by atoms with Crippen LogP contribution in [0.15, 0.2) is 38.5 Å². The van der Waals surface area contributed by atoms with Gasteiger partial charge in [-0.05, 0) is 24.6 Å². The monoisotopic (exact) mass is 379 g/mol. The van der Waals surface area contributed by atoms with E-state index in [0.29, 0.717) is 12.1 Å². The average molecular weight is 380 g/mol. The molecule has 0 aliphatic carbocycles. The number of carboxylic acid groups (broad SMARTS) is 1. The zero-order chi connectivity index (χ0) is 18.7. The van der Waals surface area contributed by atoms with Crippen LogP contribution in [0.1, 0.15) is 23.7 Å². The summed E-state index contributed by atoms with van der Waals surface area (Å²) in [6, 6.07) is 4.27. The van der Waals surface area contributed by atoms with Crippen molar-refractivity contribution in [3.8, 4) is 0 Å². The largest absolute Gasteiger partial charge is 0.478 e. The number of rotatable bonds is 7. The third kappa shape index (κ3) is 3.26. The standard InChI is InChI=1S/C15H18ClN7O3/c1-2-9(6-24)19-15-7-17-8-18-14(15)20-22-23(15)21-10-3-4-12(16)11(5-10)13(25)26/h3-5,7-9,14,19,21,24H,2,6H2,1H3,(H,25,26). The number of aliphatic hydroxyl groups is 1. The Balaban J connectivity index is 1.90. The third-order valence-corrected chi connectivity index (χ3v) is 4.45. The van der Waals surface area contributed by atoms with Crippen molar-refractivity contribution in [1.82, 2.24) is 10.4 Å². The maximum absolute atomic E-state index is 11.3. The number of hydrogen-bond acceptors (Lipinski definition) is 9. The number of hydrazine groups is 1. The molecule has 0 bridgehead atoms. The molecule has 2 aliphatic heterocycles. The molecular weight excluding hydrogens is 362 g/mol. The Bertz CT molecular complexity index is 781. The Kier molecular flexibility index (Phi) is 5.16. The molecule has 0 saturated carbocycles. The van der Waals surface area contributed by atoms with Gasteiger partial charge in [-0.3, -0.25) is 10.7 Å². The summed E-state index contributed by atoms with van der Waals surface area (Å²) in [6.07, 6.45) is 3.06. The number of nitrogens with one attached hydrogen (secondary N) is 2. The number of carbonyl (C=O) groups is 1. The minimum absolute atomic E-state index is 0.0384. The molecule has 0 fully saturated rings. The van der Waals surface area contributed by atoms with Gasteiger partial charge in [0, 0.05) is 6.04 Å². The number of aliphatic imine (C=N–C) groups is 2. The predicted octanol–water partition coefficient (Wildman–Crippen LogP) is 1.54. The van der Waals surface area contributed by atoms with Gasteiger partial charge in [0.15, 0.2) is 0 Å². The Hall–Kier alpha value is -2.56. The van der Waals surface area contributed by atoms with Crippen molar-refractivity contribution >= 4 is 35.8 Å². The zero-order valence-corrected chi connectivity index (χ0v) is 14.6. The minimum atomic E-state index is -1.14. The first kappa shape index (κ1) is 18.2. The van der Waals surface area contributed by atoms with E-state index in [2.05, 4.69) is 31.1 Å². The van der Waals surface area contributed by atoms with Gasteiger partial charge in [0.25, 0.3) is 0 Å². The number of fused-ring (bicyclic) bond motifs is 1. The minimum Gasteiger partial charge on any atom is -0.478 e. The summed E-state index contributed by atoms with van der Waals surface area (Å²) in [5.41, 5.74) is 2.39. The lowest BCUT2D eigenvalue weighted by Crippen LogP contribution is -2.66. The second kappa shape index (κ2) is 7.36. The van der Waals surface area contributed by atoms with Gasteiger partial charge in [0.05, 0.1) is 29.1 Å². The van der Waals surface area contributed by atoms with E-state index in [1.807, 2.05) is 6.92 Å². The summed E-state index contributed by atoms with van der Waals surface area (Å²) in [4.78, 5) is 19.6. The third-order valence-electron chi connectivity index (χ3n) is 4.12. The van der Waals surface area contributed by atoms with E-state index < -0.39 is 17.8 Å². The van der Waals surface area contributed by atoms with Gasteiger partial charge < -0.3 is 10.2 Å². The fourth-order valence-electron chi connectivity index (χ4n) is 2.66. The fraction of sp³-hybridized carbons (Fsp3) is 0.400. The molecule has 3 atom stereocenters. The maximum atomic E-state index is 11.3. The van der Waals surface area contributed by atoms with Crippen molar-refractivity contribution < 1.29 is 15.0 Å². The highest BCUT2D eigenvalue weighted by molar-refractivity contribution is 6.33. The summed E-state index contributed by atoms with van der Waals surface area (Å²) in [5, 5.41) is 31.8. The van der Waals surface area contributed by atoms with Gasteiger partial charge >= 0.3 is 5.97 Å². The molecule has 0 aromatic heterocycles. The molecule has 2 heterocycles. The highest BCUT2D eigenvalue weighted by Gasteiger charge is 2.50. The molecule has 2 aliphatic rings. The molecule has 0 amide bonds. The van der Waals surface area contributed by atoms with E-state index in [1.54, 1.807) is 12.3 Å². The molecule has 26 heavy (non-hydrogen) atoms. The number of carboxylic acids is 1. The Labute approximate surface area is 154 Å². The lowest BCUT2D eigenvalue weighted by molar-refractivity contribution is 0.0697. The van der Waals surface area contributed by atoms with Crippen molar-refractivity contribution in [2.24, 2.45) is 20.3 Å². The lowest BCUT2D eigenvalue weighted by Gasteiger charge is -2.39. The molecule has 0 spiro atoms. The second-order valence-electron chi connectivity index (χ2n) is 5.80. The van der Waals surface area contributed by atoms with Crippen LogP contribution < -0.4 is 10.7 Å². The van der Waals surface area contributed by atoms with Gasteiger partial charge in [-0.25, -0.2) is 14.8 Å². The van der Waals surface area contributed by atoms with E-state index in [-0.39, 0.29) is 23.2 Å². The normalized spacial score (nSPS) is 24.6. The number of hydrogen-bond donors (Lipinski definition) is 4. The number of aliphatic hydroxyl groups excluding tert-OH is 1. The van der Waals surface area contributed by atoms with Crippen LogP contribution in [0.4, 0.5) is 5.69 Å². The smallest absolute Gasteiger partial charge is 0.337 e. The van der Waals surface area contributed by atoms with Gasteiger partial charge in [0.2, 0.25) is 11.8 Å². The topological polar surface area (TPSA) is 134 Å². The van der Waals surface area contributed by atoms with Crippen LogP contribution in [0, 0.1) is 0 Å². The first-order valence-corrected chi connectivity index (χ1v) is 8.33. The van der Waals surface area contributed by atoms with Gasteiger partial charge in [-0.1, -0.05) is 23.7 Å². The summed E-state index contributed by atoms with van der Waals surface area (Å²) < 4.78 is 0. The highest BCUT2D eigenvalue weighted by Crippen LogP contribution is 2.31. The molecule has 0 radical (unpaired) electrons. The molecule has 3 rings (SSSR count). The molecule has 1 aromatic carbocycles. The summed E-state index contributed by atoms with van der Waals surface area (Å²) in [7, 11) is 0. The van der Waals surface area contributed by atoms with Gasteiger partial charge in [-0.2, -0.15) is 5.12 Å². The van der Waals surface area contributed by atoms with Crippen molar-refractivity contribution in [2.45, 2.75) is 31.2 Å². The number of halogens is 1. The lowest BCUT2D eigenvalue weighted by atomic mass is 10.1. The number of nitrogens with zero attached hydrogens (tertiary/aromatic N) is 5. The van der Waals surface area contributed by atoms with Crippen LogP contribution in [-0.4, -0.2) is 58.3 Å². The molecule has 11 heteroatoms. The molecule has 4 N–H and O–H groups in total.